The summed E-state index contributed by atoms with van der Waals surface area (Å²) in [6.45, 7) is 6.46. The van der Waals surface area contributed by atoms with Gasteiger partial charge in [0, 0.05) is 22.5 Å². The summed E-state index contributed by atoms with van der Waals surface area (Å²) in [5.74, 6) is 0.456. The number of nitrogens with one attached hydrogen (secondary N) is 3. The van der Waals surface area contributed by atoms with E-state index >= 15 is 0 Å². The Bertz CT molecular complexity index is 1440. The number of fused-ring (bicyclic) bond motifs is 1. The number of carbonyl (C=O) groups excluding carboxylic acids is 2. The summed E-state index contributed by atoms with van der Waals surface area (Å²) < 4.78 is 49.8. The Kier molecular flexibility index (Phi) is 9.12. The average molecular weight is 620 g/mol. The Hall–Kier alpha value is -3.45. The Labute approximate surface area is 252 Å². The van der Waals surface area contributed by atoms with E-state index in [9.17, 15) is 22.8 Å². The number of ether oxygens (including phenoxy) is 2. The second-order valence-corrected chi connectivity index (χ2v) is 13.3. The summed E-state index contributed by atoms with van der Waals surface area (Å²) in [6, 6.07) is 8.74. The van der Waals surface area contributed by atoms with E-state index < -0.39 is 24.3 Å². The lowest BCUT2D eigenvalue weighted by Crippen LogP contribution is -2.48. The molecule has 0 bridgehead atoms. The molecule has 1 aromatic carbocycles. The molecule has 1 aliphatic carbocycles. The second kappa shape index (κ2) is 12.7. The summed E-state index contributed by atoms with van der Waals surface area (Å²) >= 11 is 1.01. The molecule has 13 heteroatoms. The first-order valence-corrected chi connectivity index (χ1v) is 15.2. The molecule has 0 radical (unpaired) electrons. The number of hydrogen-bond acceptors (Lipinski definition) is 8. The van der Waals surface area contributed by atoms with Crippen molar-refractivity contribution in [1.82, 2.24) is 20.6 Å². The third-order valence-electron chi connectivity index (χ3n) is 7.48. The summed E-state index contributed by atoms with van der Waals surface area (Å²) in [5, 5.41) is 9.95. The summed E-state index contributed by atoms with van der Waals surface area (Å²) in [5.41, 5.74) is 0.994. The van der Waals surface area contributed by atoms with Crippen molar-refractivity contribution in [2.45, 2.75) is 82.8 Å². The minimum absolute atomic E-state index is 0.0458. The maximum atomic E-state index is 13.1. The van der Waals surface area contributed by atoms with Crippen LogP contribution in [0.25, 0.3) is 10.2 Å². The summed E-state index contributed by atoms with van der Waals surface area (Å²) in [4.78, 5) is 34.3. The first-order chi connectivity index (χ1) is 20.3. The number of thiophene rings is 1. The monoisotopic (exact) mass is 619 g/mol. The van der Waals surface area contributed by atoms with E-state index in [1.807, 2.05) is 24.3 Å². The van der Waals surface area contributed by atoms with Gasteiger partial charge in [0.2, 0.25) is 0 Å². The van der Waals surface area contributed by atoms with Gasteiger partial charge in [0.25, 0.3) is 5.91 Å². The highest BCUT2D eigenvalue weighted by Gasteiger charge is 2.34. The van der Waals surface area contributed by atoms with E-state index in [4.69, 9.17) is 9.47 Å². The maximum Gasteiger partial charge on any atom is 0.407 e. The van der Waals surface area contributed by atoms with Crippen molar-refractivity contribution < 1.29 is 32.2 Å². The predicted octanol–water partition coefficient (Wildman–Crippen LogP) is 5.64. The fourth-order valence-corrected chi connectivity index (χ4v) is 6.45. The molecule has 2 aliphatic rings. The van der Waals surface area contributed by atoms with Crippen LogP contribution in [0.15, 0.2) is 36.7 Å². The lowest BCUT2D eigenvalue weighted by molar-refractivity contribution is -0.126. The van der Waals surface area contributed by atoms with Gasteiger partial charge in [-0.2, -0.15) is 13.2 Å². The minimum atomic E-state index is -4.32. The van der Waals surface area contributed by atoms with E-state index in [1.54, 1.807) is 20.8 Å². The number of rotatable bonds is 8. The highest BCUT2D eigenvalue weighted by Crippen LogP contribution is 2.35. The van der Waals surface area contributed by atoms with Crippen LogP contribution in [0.1, 0.15) is 60.8 Å². The van der Waals surface area contributed by atoms with Crippen LogP contribution in [0.3, 0.4) is 0 Å². The van der Waals surface area contributed by atoms with Crippen LogP contribution in [-0.2, 0) is 22.3 Å². The van der Waals surface area contributed by atoms with Crippen molar-refractivity contribution >= 4 is 39.4 Å². The number of aromatic nitrogens is 2. The lowest BCUT2D eigenvalue weighted by atomic mass is 9.78. The molecule has 2 amide bonds. The van der Waals surface area contributed by atoms with E-state index in [0.717, 1.165) is 29.7 Å². The third kappa shape index (κ3) is 8.56. The van der Waals surface area contributed by atoms with Crippen molar-refractivity contribution in [3.05, 3.63) is 52.7 Å². The Morgan fingerprint density at radius 1 is 1.05 bits per heavy atom. The molecule has 5 rings (SSSR count). The number of hydrogen-bond donors (Lipinski definition) is 3. The Balaban J connectivity index is 1.33. The molecule has 43 heavy (non-hydrogen) atoms. The lowest BCUT2D eigenvalue weighted by Gasteiger charge is -2.37. The second-order valence-electron chi connectivity index (χ2n) is 12.2. The molecule has 232 valence electrons. The van der Waals surface area contributed by atoms with E-state index in [2.05, 4.69) is 25.9 Å². The zero-order valence-corrected chi connectivity index (χ0v) is 25.1. The molecule has 0 spiro atoms. The zero-order valence-electron chi connectivity index (χ0n) is 24.3. The van der Waals surface area contributed by atoms with Gasteiger partial charge in [-0.25, -0.2) is 14.8 Å². The predicted molar refractivity (Wildman–Crippen MR) is 157 cm³/mol. The van der Waals surface area contributed by atoms with Gasteiger partial charge in [0.1, 0.15) is 22.6 Å². The number of alkyl carbamates (subject to hydrolysis) is 1. The van der Waals surface area contributed by atoms with Crippen LogP contribution >= 0.6 is 11.3 Å². The minimum Gasteiger partial charge on any atom is -0.444 e. The number of alkyl halides is 3. The van der Waals surface area contributed by atoms with Gasteiger partial charge >= 0.3 is 12.3 Å². The van der Waals surface area contributed by atoms with Crippen LogP contribution in [-0.4, -0.2) is 65.1 Å². The molecule has 9 nitrogen and oxygen atoms in total. The van der Waals surface area contributed by atoms with Crippen molar-refractivity contribution in [1.29, 1.82) is 0 Å². The molecule has 1 saturated heterocycles. The molecule has 3 N–H and O–H groups in total. The maximum absolute atomic E-state index is 13.1. The van der Waals surface area contributed by atoms with Gasteiger partial charge in [-0.15, -0.1) is 11.3 Å². The molecule has 1 saturated carbocycles. The molecular formula is C30H36F3N5O4S. The van der Waals surface area contributed by atoms with Crippen molar-refractivity contribution in [3.8, 4) is 0 Å². The largest absolute Gasteiger partial charge is 0.444 e. The highest BCUT2D eigenvalue weighted by atomic mass is 32.1. The molecule has 2 fully saturated rings. The normalized spacial score (nSPS) is 21.2. The third-order valence-corrected chi connectivity index (χ3v) is 8.52. The summed E-state index contributed by atoms with van der Waals surface area (Å²) in [7, 11) is 0. The van der Waals surface area contributed by atoms with Crippen molar-refractivity contribution in [2.75, 3.05) is 18.5 Å². The van der Waals surface area contributed by atoms with Gasteiger partial charge in [0.15, 0.2) is 0 Å². The number of benzene rings is 1. The van der Waals surface area contributed by atoms with Gasteiger partial charge in [-0.05, 0) is 76.1 Å². The topological polar surface area (TPSA) is 114 Å². The Morgan fingerprint density at radius 2 is 1.79 bits per heavy atom. The molecular weight excluding hydrogens is 583 g/mol. The molecule has 3 aromatic rings. The van der Waals surface area contributed by atoms with E-state index in [-0.39, 0.29) is 34.8 Å². The quantitative estimate of drug-likeness (QED) is 0.299. The van der Waals surface area contributed by atoms with Crippen molar-refractivity contribution in [3.63, 3.8) is 0 Å². The summed E-state index contributed by atoms with van der Waals surface area (Å²) in [6.07, 6.45) is -1.70. The number of carbonyl (C=O) groups is 2. The molecule has 1 aliphatic heterocycles. The number of amides is 2. The Morgan fingerprint density at radius 3 is 2.44 bits per heavy atom. The van der Waals surface area contributed by atoms with E-state index in [0.29, 0.717) is 47.7 Å². The van der Waals surface area contributed by atoms with Gasteiger partial charge < -0.3 is 25.4 Å². The zero-order chi connectivity index (χ0) is 30.8. The van der Waals surface area contributed by atoms with E-state index in [1.165, 1.54) is 12.4 Å². The number of anilines is 1. The SMILES string of the molecule is CC(C)(C)OC(=O)N[C@H]1CCC(Cc2ccc(C(=O)NC3COC3)cc2)[C@H](Nc2ncnc3sc(CC(F)(F)F)cc23)C1. The average Bonchev–Trinajstić information content (AvgIpc) is 3.28. The van der Waals surface area contributed by atoms with Gasteiger partial charge in [-0.1, -0.05) is 12.1 Å². The molecule has 3 atom stereocenters. The van der Waals surface area contributed by atoms with Crippen LogP contribution in [0, 0.1) is 5.92 Å². The standard InChI is InChI=1S/C30H36F3N5O4S/c1-29(2,3)42-28(40)37-20-9-8-19(10-17-4-6-18(7-5-17)26(39)36-21-14-41-15-21)24(11-20)38-25-23-12-22(13-30(31,32)33)43-27(23)35-16-34-25/h4-7,12,16,19-21,24H,8-11,13-15H2,1-3H3,(H,36,39)(H,37,40)(H,34,35,38)/t19?,20-,24+/m0/s1. The van der Waals surface area contributed by atoms with Crippen LogP contribution < -0.4 is 16.0 Å². The number of nitrogens with zero attached hydrogens (tertiary/aromatic N) is 2. The van der Waals surface area contributed by atoms with Gasteiger partial charge in [-0.3, -0.25) is 4.79 Å². The van der Waals surface area contributed by atoms with Crippen molar-refractivity contribution in [2.24, 2.45) is 5.92 Å². The number of halogens is 3. The fourth-order valence-electron chi connectivity index (χ4n) is 5.42. The molecule has 2 aromatic heterocycles. The van der Waals surface area contributed by atoms with Crippen LogP contribution in [0.5, 0.6) is 0 Å². The van der Waals surface area contributed by atoms with Crippen LogP contribution in [0.4, 0.5) is 23.8 Å². The van der Waals surface area contributed by atoms with Gasteiger partial charge in [0.05, 0.1) is 31.1 Å². The first-order valence-electron chi connectivity index (χ1n) is 14.3. The van der Waals surface area contributed by atoms with Crippen LogP contribution in [0.2, 0.25) is 0 Å². The highest BCUT2D eigenvalue weighted by molar-refractivity contribution is 7.18. The first kappa shape index (κ1) is 31.0. The molecule has 1 unspecified atom stereocenters. The smallest absolute Gasteiger partial charge is 0.407 e. The fraction of sp³-hybridized carbons (Fsp3) is 0.533. The molecule has 3 heterocycles.